The zero-order valence-electron chi connectivity index (χ0n) is 14.8. The average Bonchev–Trinajstić information content (AvgIpc) is 3.30. The summed E-state index contributed by atoms with van der Waals surface area (Å²) in [7, 11) is 0. The number of carbonyl (C=O) groups excluding carboxylic acids is 1. The van der Waals surface area contributed by atoms with Crippen molar-refractivity contribution in [1.82, 2.24) is 19.7 Å². The molecule has 0 unspecified atom stereocenters. The molecule has 1 aliphatic rings. The summed E-state index contributed by atoms with van der Waals surface area (Å²) in [4.78, 5) is 18.8. The van der Waals surface area contributed by atoms with Gasteiger partial charge in [0.25, 0.3) is 0 Å². The minimum Gasteiger partial charge on any atom is -0.311 e. The molecule has 0 saturated carbocycles. The highest BCUT2D eigenvalue weighted by molar-refractivity contribution is 9.10. The Morgan fingerprint density at radius 3 is 2.96 bits per heavy atom. The Bertz CT molecular complexity index is 975. The molecule has 1 aliphatic heterocycles. The molecule has 0 aliphatic carbocycles. The Balaban J connectivity index is 1.49. The number of halogens is 1. The van der Waals surface area contributed by atoms with E-state index in [2.05, 4.69) is 37.2 Å². The molecule has 0 N–H and O–H groups in total. The fourth-order valence-electron chi connectivity index (χ4n) is 3.22. The van der Waals surface area contributed by atoms with E-state index in [-0.39, 0.29) is 5.91 Å². The van der Waals surface area contributed by atoms with Crippen LogP contribution in [0, 0.1) is 0 Å². The molecular weight excluding hydrogens is 426 g/mol. The number of anilines is 1. The molecule has 0 spiro atoms. The second-order valence-electron chi connectivity index (χ2n) is 6.15. The van der Waals surface area contributed by atoms with Crippen molar-refractivity contribution in [3.05, 3.63) is 52.8 Å². The zero-order chi connectivity index (χ0) is 18.8. The van der Waals surface area contributed by atoms with Crippen molar-refractivity contribution in [2.45, 2.75) is 25.0 Å². The van der Waals surface area contributed by atoms with E-state index in [4.69, 9.17) is 0 Å². The SMILES string of the molecule is CCn1c(SCC(=O)N2CCc3cc(Br)ccc32)nnc1-c1cccnc1. The summed E-state index contributed by atoms with van der Waals surface area (Å²) < 4.78 is 3.06. The number of thioether (sulfide) groups is 1. The first-order valence-corrected chi connectivity index (χ1v) is 10.5. The summed E-state index contributed by atoms with van der Waals surface area (Å²) in [6, 6.07) is 9.91. The standard InChI is InChI=1S/C19H18BrN5OS/c1-2-24-18(14-4-3-8-21-11-14)22-23-19(24)27-12-17(26)25-9-7-13-10-15(20)5-6-16(13)25/h3-6,8,10-11H,2,7,9,12H2,1H3. The molecule has 0 saturated heterocycles. The van der Waals surface area contributed by atoms with Gasteiger partial charge in [0, 0.05) is 41.2 Å². The number of benzene rings is 1. The van der Waals surface area contributed by atoms with E-state index in [1.807, 2.05) is 40.7 Å². The second-order valence-corrected chi connectivity index (χ2v) is 8.01. The highest BCUT2D eigenvalue weighted by Gasteiger charge is 2.25. The molecular formula is C19H18BrN5OS. The van der Waals surface area contributed by atoms with Crippen LogP contribution in [0.25, 0.3) is 11.4 Å². The van der Waals surface area contributed by atoms with Gasteiger partial charge in [-0.2, -0.15) is 0 Å². The van der Waals surface area contributed by atoms with Gasteiger partial charge < -0.3 is 9.47 Å². The molecule has 3 aromatic rings. The fraction of sp³-hybridized carbons (Fsp3) is 0.263. The summed E-state index contributed by atoms with van der Waals surface area (Å²) in [5.41, 5.74) is 3.14. The lowest BCUT2D eigenvalue weighted by molar-refractivity contribution is -0.116. The third-order valence-electron chi connectivity index (χ3n) is 4.52. The van der Waals surface area contributed by atoms with Gasteiger partial charge in [-0.3, -0.25) is 9.78 Å². The summed E-state index contributed by atoms with van der Waals surface area (Å²) in [5.74, 6) is 1.20. The zero-order valence-corrected chi connectivity index (χ0v) is 17.2. The smallest absolute Gasteiger partial charge is 0.237 e. The van der Waals surface area contributed by atoms with Crippen LogP contribution >= 0.6 is 27.7 Å². The predicted molar refractivity (Wildman–Crippen MR) is 110 cm³/mol. The normalized spacial score (nSPS) is 13.0. The van der Waals surface area contributed by atoms with Crippen LogP contribution in [-0.2, 0) is 17.8 Å². The number of aromatic nitrogens is 4. The number of hydrogen-bond donors (Lipinski definition) is 0. The summed E-state index contributed by atoms with van der Waals surface area (Å²) in [6.45, 7) is 3.50. The van der Waals surface area contributed by atoms with Crippen molar-refractivity contribution in [3.8, 4) is 11.4 Å². The monoisotopic (exact) mass is 443 g/mol. The van der Waals surface area contributed by atoms with Crippen LogP contribution in [0.2, 0.25) is 0 Å². The van der Waals surface area contributed by atoms with E-state index in [1.165, 1.54) is 17.3 Å². The fourth-order valence-corrected chi connectivity index (χ4v) is 4.51. The molecule has 0 fully saturated rings. The van der Waals surface area contributed by atoms with Gasteiger partial charge in [-0.1, -0.05) is 27.7 Å². The maximum atomic E-state index is 12.8. The molecule has 0 bridgehead atoms. The Hall–Kier alpha value is -2.19. The summed E-state index contributed by atoms with van der Waals surface area (Å²) >= 11 is 4.92. The van der Waals surface area contributed by atoms with Crippen molar-refractivity contribution < 1.29 is 4.79 Å². The first kappa shape index (κ1) is 18.2. The van der Waals surface area contributed by atoms with Crippen molar-refractivity contribution in [3.63, 3.8) is 0 Å². The van der Waals surface area contributed by atoms with Gasteiger partial charge in [-0.05, 0) is 49.2 Å². The van der Waals surface area contributed by atoms with Crippen LogP contribution in [0.1, 0.15) is 12.5 Å². The molecule has 6 nitrogen and oxygen atoms in total. The second kappa shape index (κ2) is 7.82. The molecule has 0 radical (unpaired) electrons. The third-order valence-corrected chi connectivity index (χ3v) is 5.96. The minimum absolute atomic E-state index is 0.0923. The van der Waals surface area contributed by atoms with E-state index in [0.29, 0.717) is 5.75 Å². The Morgan fingerprint density at radius 1 is 1.30 bits per heavy atom. The average molecular weight is 444 g/mol. The van der Waals surface area contributed by atoms with Crippen molar-refractivity contribution in [2.75, 3.05) is 17.2 Å². The lowest BCUT2D eigenvalue weighted by atomic mass is 10.2. The third kappa shape index (κ3) is 3.64. The van der Waals surface area contributed by atoms with Gasteiger partial charge >= 0.3 is 0 Å². The lowest BCUT2D eigenvalue weighted by Crippen LogP contribution is -2.30. The van der Waals surface area contributed by atoms with E-state index >= 15 is 0 Å². The summed E-state index contributed by atoms with van der Waals surface area (Å²) in [5, 5.41) is 9.34. The molecule has 27 heavy (non-hydrogen) atoms. The Kier molecular flexibility index (Phi) is 5.27. The Morgan fingerprint density at radius 2 is 2.19 bits per heavy atom. The van der Waals surface area contributed by atoms with Gasteiger partial charge in [-0.25, -0.2) is 0 Å². The van der Waals surface area contributed by atoms with Gasteiger partial charge in [0.2, 0.25) is 5.91 Å². The van der Waals surface area contributed by atoms with Gasteiger partial charge in [0.1, 0.15) is 0 Å². The van der Waals surface area contributed by atoms with Gasteiger partial charge in [-0.15, -0.1) is 10.2 Å². The van der Waals surface area contributed by atoms with E-state index in [0.717, 1.165) is 46.2 Å². The molecule has 8 heteroatoms. The largest absolute Gasteiger partial charge is 0.311 e. The Labute approximate surface area is 170 Å². The van der Waals surface area contributed by atoms with E-state index < -0.39 is 0 Å². The number of fused-ring (bicyclic) bond motifs is 1. The quantitative estimate of drug-likeness (QED) is 0.561. The molecule has 3 heterocycles. The molecule has 1 aromatic carbocycles. The predicted octanol–water partition coefficient (Wildman–Crippen LogP) is 3.80. The maximum Gasteiger partial charge on any atom is 0.237 e. The molecule has 1 amide bonds. The topological polar surface area (TPSA) is 63.9 Å². The van der Waals surface area contributed by atoms with Crippen LogP contribution in [0.5, 0.6) is 0 Å². The highest BCUT2D eigenvalue weighted by Crippen LogP contribution is 2.31. The number of nitrogens with zero attached hydrogens (tertiary/aromatic N) is 5. The number of pyridine rings is 1. The van der Waals surface area contributed by atoms with Crippen LogP contribution in [0.15, 0.2) is 52.4 Å². The number of rotatable bonds is 5. The maximum absolute atomic E-state index is 12.8. The van der Waals surface area contributed by atoms with Crippen LogP contribution < -0.4 is 4.90 Å². The highest BCUT2D eigenvalue weighted by atomic mass is 79.9. The van der Waals surface area contributed by atoms with E-state index in [9.17, 15) is 4.79 Å². The molecule has 138 valence electrons. The van der Waals surface area contributed by atoms with Gasteiger partial charge in [0.15, 0.2) is 11.0 Å². The lowest BCUT2D eigenvalue weighted by Gasteiger charge is -2.17. The van der Waals surface area contributed by atoms with Crippen LogP contribution in [-0.4, -0.2) is 38.0 Å². The van der Waals surface area contributed by atoms with E-state index in [1.54, 1.807) is 12.4 Å². The first-order chi connectivity index (χ1) is 13.2. The number of hydrogen-bond acceptors (Lipinski definition) is 5. The van der Waals surface area contributed by atoms with Crippen molar-refractivity contribution in [2.24, 2.45) is 0 Å². The number of carbonyl (C=O) groups is 1. The van der Waals surface area contributed by atoms with Gasteiger partial charge in [0.05, 0.1) is 5.75 Å². The first-order valence-electron chi connectivity index (χ1n) is 8.72. The van der Waals surface area contributed by atoms with Crippen molar-refractivity contribution >= 4 is 39.3 Å². The minimum atomic E-state index is 0.0923. The van der Waals surface area contributed by atoms with Crippen LogP contribution in [0.3, 0.4) is 0 Å². The van der Waals surface area contributed by atoms with Crippen molar-refractivity contribution in [1.29, 1.82) is 0 Å². The number of amides is 1. The molecule has 4 rings (SSSR count). The molecule has 2 aromatic heterocycles. The molecule has 0 atom stereocenters. The van der Waals surface area contributed by atoms with Crippen LogP contribution in [0.4, 0.5) is 5.69 Å². The summed E-state index contributed by atoms with van der Waals surface area (Å²) in [6.07, 6.45) is 4.40.